The number of nitrogens with zero attached hydrogens (tertiary/aromatic N) is 3. The summed E-state index contributed by atoms with van der Waals surface area (Å²) in [5.41, 5.74) is 1.62. The number of carbonyl (C=O) groups excluding carboxylic acids is 1. The average molecular weight is 478 g/mol. The first-order valence-electron chi connectivity index (χ1n) is 9.47. The van der Waals surface area contributed by atoms with Gasteiger partial charge in [-0.25, -0.2) is 9.97 Å². The fourth-order valence-electron chi connectivity index (χ4n) is 3.42. The minimum atomic E-state index is -2.95. The normalized spacial score (nSPS) is 13.7. The van der Waals surface area contributed by atoms with E-state index < -0.39 is 13.2 Å². The van der Waals surface area contributed by atoms with Crippen molar-refractivity contribution in [2.45, 2.75) is 13.2 Å². The number of halogens is 3. The van der Waals surface area contributed by atoms with Gasteiger partial charge in [-0.1, -0.05) is 0 Å². The van der Waals surface area contributed by atoms with Gasteiger partial charge in [-0.2, -0.15) is 13.8 Å². The minimum absolute atomic E-state index is 0.0266. The molecule has 5 rings (SSSR count). The molecule has 8 nitrogen and oxygen atoms in total. The monoisotopic (exact) mass is 477 g/mol. The molecule has 0 saturated carbocycles. The summed E-state index contributed by atoms with van der Waals surface area (Å²) in [6.45, 7) is -2.24. The molecule has 1 aliphatic heterocycles. The number of fused-ring (bicyclic) bond motifs is 5. The lowest BCUT2D eigenvalue weighted by Crippen LogP contribution is -2.24. The number of nitrogens with one attached hydrogen (secondary N) is 2. The van der Waals surface area contributed by atoms with Crippen molar-refractivity contribution in [3.63, 3.8) is 0 Å². The Morgan fingerprint density at radius 1 is 1.16 bits per heavy atom. The third-order valence-corrected chi connectivity index (χ3v) is 6.11. The molecule has 0 saturated heterocycles. The maximum Gasteiger partial charge on any atom is 0.345 e. The number of alkyl halides is 2. The molecule has 0 radical (unpaired) electrons. The molecule has 4 aromatic rings. The molecule has 32 heavy (non-hydrogen) atoms. The van der Waals surface area contributed by atoms with Crippen molar-refractivity contribution < 1.29 is 23.0 Å². The van der Waals surface area contributed by atoms with E-state index in [2.05, 4.69) is 30.3 Å². The zero-order valence-electron chi connectivity index (χ0n) is 16.2. The number of benzene rings is 1. The summed E-state index contributed by atoms with van der Waals surface area (Å²) >= 11 is 7.25. The number of amides is 1. The maximum atomic E-state index is 12.4. The molecule has 0 aliphatic carbocycles. The van der Waals surface area contributed by atoms with Crippen molar-refractivity contribution in [3.8, 4) is 11.8 Å². The molecule has 3 aromatic heterocycles. The topological polar surface area (TPSA) is 98.3 Å². The first-order chi connectivity index (χ1) is 15.5. The first-order valence-corrected chi connectivity index (χ1v) is 10.7. The van der Waals surface area contributed by atoms with E-state index in [-0.39, 0.29) is 28.5 Å². The van der Waals surface area contributed by atoms with Crippen LogP contribution >= 0.6 is 22.9 Å². The molecule has 1 aliphatic rings. The van der Waals surface area contributed by atoms with Gasteiger partial charge in [-0.15, -0.1) is 11.3 Å². The van der Waals surface area contributed by atoms with Crippen LogP contribution in [0.3, 0.4) is 0 Å². The van der Waals surface area contributed by atoms with Gasteiger partial charge in [0.1, 0.15) is 4.88 Å². The van der Waals surface area contributed by atoms with Gasteiger partial charge in [0.2, 0.25) is 17.0 Å². The molecule has 1 aromatic carbocycles. The Labute approximate surface area is 188 Å². The van der Waals surface area contributed by atoms with E-state index in [4.69, 9.17) is 16.3 Å². The van der Waals surface area contributed by atoms with Crippen molar-refractivity contribution >= 4 is 55.5 Å². The van der Waals surface area contributed by atoms with Gasteiger partial charge in [0, 0.05) is 40.8 Å². The Kier molecular flexibility index (Phi) is 5.45. The van der Waals surface area contributed by atoms with Gasteiger partial charge in [-0.05, 0) is 29.8 Å². The van der Waals surface area contributed by atoms with Gasteiger partial charge < -0.3 is 20.1 Å². The predicted octanol–water partition coefficient (Wildman–Crippen LogP) is 4.58. The van der Waals surface area contributed by atoms with Crippen LogP contribution in [-0.2, 0) is 11.3 Å². The molecular weight excluding hydrogens is 464 g/mol. The Balaban J connectivity index is 1.54. The van der Waals surface area contributed by atoms with E-state index in [0.29, 0.717) is 23.5 Å². The van der Waals surface area contributed by atoms with Gasteiger partial charge in [0.15, 0.2) is 0 Å². The average Bonchev–Trinajstić information content (AvgIpc) is 3.05. The number of aromatic nitrogens is 3. The smallest absolute Gasteiger partial charge is 0.345 e. The predicted molar refractivity (Wildman–Crippen MR) is 116 cm³/mol. The number of rotatable bonds is 5. The fraction of sp³-hybridized carbons (Fsp3) is 0.200. The molecule has 0 bridgehead atoms. The van der Waals surface area contributed by atoms with E-state index in [1.54, 1.807) is 6.07 Å². The largest absolute Gasteiger partial charge is 0.420 e. The molecule has 0 fully saturated rings. The molecule has 4 heterocycles. The summed E-state index contributed by atoms with van der Waals surface area (Å²) in [5.74, 6) is 0.0599. The quantitative estimate of drug-likeness (QED) is 0.406. The lowest BCUT2D eigenvalue weighted by molar-refractivity contribution is -0.137. The second-order valence-electron chi connectivity index (χ2n) is 6.79. The third-order valence-electron chi connectivity index (χ3n) is 4.78. The van der Waals surface area contributed by atoms with Crippen LogP contribution in [0.4, 0.5) is 14.5 Å². The Hall–Kier alpha value is -3.15. The van der Waals surface area contributed by atoms with Crippen LogP contribution in [-0.4, -0.2) is 40.6 Å². The lowest BCUT2D eigenvalue weighted by Gasteiger charge is -2.11. The van der Waals surface area contributed by atoms with E-state index in [1.165, 1.54) is 17.5 Å². The highest BCUT2D eigenvalue weighted by Gasteiger charge is 2.22. The van der Waals surface area contributed by atoms with Crippen LogP contribution in [0, 0.1) is 0 Å². The number of hydrogen-bond acceptors (Lipinski definition) is 8. The van der Waals surface area contributed by atoms with Crippen LogP contribution in [0.15, 0.2) is 30.5 Å². The number of ether oxygens (including phenoxy) is 2. The number of pyridine rings is 1. The Morgan fingerprint density at radius 2 is 2.00 bits per heavy atom. The standard InChI is InChI=1S/C20H14ClF2N5O3S/c21-19-26-7-9(8-30-20(22)23)18(28-19)31-13-4-1-10-11(27-13)2-3-12-14(10)15-16(32-12)17(29)25-6-5-24-15/h1-4,7,20,24H,5-6,8H2,(H,25,29). The van der Waals surface area contributed by atoms with Crippen molar-refractivity contribution in [2.24, 2.45) is 0 Å². The van der Waals surface area contributed by atoms with Gasteiger partial charge in [0.25, 0.3) is 5.91 Å². The molecule has 0 atom stereocenters. The van der Waals surface area contributed by atoms with E-state index in [9.17, 15) is 13.6 Å². The van der Waals surface area contributed by atoms with Gasteiger partial charge in [0.05, 0.1) is 23.4 Å². The second kappa shape index (κ2) is 8.41. The zero-order valence-corrected chi connectivity index (χ0v) is 17.8. The highest BCUT2D eigenvalue weighted by Crippen LogP contribution is 2.41. The summed E-state index contributed by atoms with van der Waals surface area (Å²) in [7, 11) is 0. The van der Waals surface area contributed by atoms with Crippen LogP contribution < -0.4 is 15.4 Å². The number of thiophene rings is 1. The van der Waals surface area contributed by atoms with Crippen LogP contribution in [0.25, 0.3) is 21.0 Å². The summed E-state index contributed by atoms with van der Waals surface area (Å²) in [5, 5.41) is 7.84. The maximum absolute atomic E-state index is 12.4. The summed E-state index contributed by atoms with van der Waals surface area (Å²) in [6.07, 6.45) is 1.26. The van der Waals surface area contributed by atoms with E-state index in [1.807, 2.05) is 18.2 Å². The SMILES string of the molecule is O=C1NCCNc2c1sc1ccc3nc(Oc4nc(Cl)ncc4COC(F)F)ccc3c21. The van der Waals surface area contributed by atoms with Crippen molar-refractivity contribution in [3.05, 3.63) is 46.2 Å². The Morgan fingerprint density at radius 3 is 2.84 bits per heavy atom. The lowest BCUT2D eigenvalue weighted by atomic mass is 10.1. The molecule has 1 amide bonds. The van der Waals surface area contributed by atoms with E-state index >= 15 is 0 Å². The molecule has 0 spiro atoms. The molecule has 0 unspecified atom stereocenters. The Bertz CT molecular complexity index is 1350. The highest BCUT2D eigenvalue weighted by atomic mass is 35.5. The fourth-order valence-corrected chi connectivity index (χ4v) is 4.66. The van der Waals surface area contributed by atoms with Crippen molar-refractivity contribution in [2.75, 3.05) is 18.4 Å². The molecule has 2 N–H and O–H groups in total. The van der Waals surface area contributed by atoms with Crippen LogP contribution in [0.1, 0.15) is 15.2 Å². The summed E-state index contributed by atoms with van der Waals surface area (Å²) in [6, 6.07) is 7.18. The van der Waals surface area contributed by atoms with Gasteiger partial charge >= 0.3 is 6.61 Å². The number of anilines is 1. The first kappa shape index (κ1) is 20.7. The highest BCUT2D eigenvalue weighted by molar-refractivity contribution is 7.21. The summed E-state index contributed by atoms with van der Waals surface area (Å²) in [4.78, 5) is 25.3. The van der Waals surface area contributed by atoms with Crippen LogP contribution in [0.5, 0.6) is 11.8 Å². The van der Waals surface area contributed by atoms with E-state index in [0.717, 1.165) is 21.2 Å². The van der Waals surface area contributed by atoms with Crippen molar-refractivity contribution in [1.29, 1.82) is 0 Å². The third kappa shape index (κ3) is 3.90. The molecular formula is C20H14ClF2N5O3S. The zero-order chi connectivity index (χ0) is 22.2. The minimum Gasteiger partial charge on any atom is -0.420 e. The molecule has 164 valence electrons. The second-order valence-corrected chi connectivity index (χ2v) is 8.18. The molecule has 12 heteroatoms. The van der Waals surface area contributed by atoms with Crippen LogP contribution in [0.2, 0.25) is 5.28 Å². The number of hydrogen-bond donors (Lipinski definition) is 2. The van der Waals surface area contributed by atoms with Gasteiger partial charge in [-0.3, -0.25) is 4.79 Å². The van der Waals surface area contributed by atoms with Crippen molar-refractivity contribution in [1.82, 2.24) is 20.3 Å². The summed E-state index contributed by atoms with van der Waals surface area (Å²) < 4.78 is 35.9. The number of carbonyl (C=O) groups is 1.